The number of aliphatic hydroxyl groups is 1. The number of nitrogen functional groups attached to an aromatic ring is 1. The SMILES string of the molecule is CCC(CC)N(CCO)S(=O)(=O)c1ccc(NN)nc1. The van der Waals surface area contributed by atoms with Crippen LogP contribution in [0.15, 0.2) is 23.2 Å². The normalized spacial score (nSPS) is 12.1. The Balaban J connectivity index is 3.14. The number of rotatable bonds is 8. The highest BCUT2D eigenvalue weighted by atomic mass is 32.2. The van der Waals surface area contributed by atoms with Crippen LogP contribution in [0.4, 0.5) is 5.82 Å². The molecule has 0 aliphatic rings. The van der Waals surface area contributed by atoms with E-state index in [0.717, 1.165) is 0 Å². The Morgan fingerprint density at radius 2 is 2.05 bits per heavy atom. The van der Waals surface area contributed by atoms with Crippen LogP contribution in [0.5, 0.6) is 0 Å². The van der Waals surface area contributed by atoms with E-state index in [1.807, 2.05) is 13.8 Å². The number of aliphatic hydroxyl groups excluding tert-OH is 1. The van der Waals surface area contributed by atoms with Gasteiger partial charge in [-0.15, -0.1) is 0 Å². The number of nitrogens with two attached hydrogens (primary N) is 1. The predicted molar refractivity (Wildman–Crippen MR) is 77.4 cm³/mol. The number of hydrazine groups is 1. The Bertz CT molecular complexity index is 500. The Kier molecular flexibility index (Phi) is 6.34. The molecule has 0 unspecified atom stereocenters. The van der Waals surface area contributed by atoms with Gasteiger partial charge in [-0.3, -0.25) is 0 Å². The Morgan fingerprint density at radius 1 is 1.40 bits per heavy atom. The van der Waals surface area contributed by atoms with Gasteiger partial charge in [-0.25, -0.2) is 19.2 Å². The van der Waals surface area contributed by atoms with Gasteiger partial charge in [0.2, 0.25) is 10.0 Å². The Morgan fingerprint density at radius 3 is 2.45 bits per heavy atom. The maximum absolute atomic E-state index is 12.6. The fraction of sp³-hybridized carbons (Fsp3) is 0.583. The van der Waals surface area contributed by atoms with Crippen molar-refractivity contribution in [3.63, 3.8) is 0 Å². The van der Waals surface area contributed by atoms with Crippen LogP contribution < -0.4 is 11.3 Å². The molecule has 0 saturated heterocycles. The van der Waals surface area contributed by atoms with Crippen LogP contribution in [0.3, 0.4) is 0 Å². The van der Waals surface area contributed by atoms with Crippen molar-refractivity contribution in [2.75, 3.05) is 18.6 Å². The summed E-state index contributed by atoms with van der Waals surface area (Å²) in [7, 11) is -3.67. The molecule has 0 radical (unpaired) electrons. The third-order valence-corrected chi connectivity index (χ3v) is 5.10. The molecule has 0 bridgehead atoms. The Hall–Kier alpha value is -1.22. The number of nitrogens with zero attached hydrogens (tertiary/aromatic N) is 2. The lowest BCUT2D eigenvalue weighted by Gasteiger charge is -2.28. The minimum atomic E-state index is -3.67. The lowest BCUT2D eigenvalue weighted by atomic mass is 10.2. The van der Waals surface area contributed by atoms with E-state index < -0.39 is 10.0 Å². The topological polar surface area (TPSA) is 109 Å². The summed E-state index contributed by atoms with van der Waals surface area (Å²) in [5, 5.41) is 9.12. The van der Waals surface area contributed by atoms with E-state index in [1.165, 1.54) is 22.6 Å². The zero-order valence-corrected chi connectivity index (χ0v) is 12.6. The summed E-state index contributed by atoms with van der Waals surface area (Å²) in [6.07, 6.45) is 2.63. The molecule has 1 aromatic rings. The molecular formula is C12H22N4O3S. The molecule has 0 aromatic carbocycles. The lowest BCUT2D eigenvalue weighted by molar-refractivity contribution is 0.219. The van der Waals surface area contributed by atoms with E-state index in [4.69, 9.17) is 10.9 Å². The van der Waals surface area contributed by atoms with Gasteiger partial charge in [0.25, 0.3) is 0 Å². The predicted octanol–water partition coefficient (Wildman–Crippen LogP) is 0.539. The summed E-state index contributed by atoms with van der Waals surface area (Å²) >= 11 is 0. The van der Waals surface area contributed by atoms with Crippen LogP contribution in [-0.4, -0.2) is 42.0 Å². The molecule has 0 spiro atoms. The first-order valence-electron chi connectivity index (χ1n) is 6.56. The highest BCUT2D eigenvalue weighted by molar-refractivity contribution is 7.89. The average Bonchev–Trinajstić information content (AvgIpc) is 2.47. The van der Waals surface area contributed by atoms with E-state index in [2.05, 4.69) is 10.4 Å². The van der Waals surface area contributed by atoms with Crippen molar-refractivity contribution in [2.24, 2.45) is 5.84 Å². The summed E-state index contributed by atoms with van der Waals surface area (Å²) in [4.78, 5) is 4.01. The number of pyridine rings is 1. The molecule has 20 heavy (non-hydrogen) atoms. The van der Waals surface area contributed by atoms with Gasteiger partial charge in [0.15, 0.2) is 0 Å². The molecule has 0 fully saturated rings. The third kappa shape index (κ3) is 3.66. The third-order valence-electron chi connectivity index (χ3n) is 3.16. The van der Waals surface area contributed by atoms with Crippen molar-refractivity contribution in [1.82, 2.24) is 9.29 Å². The second kappa shape index (κ2) is 7.53. The fourth-order valence-corrected chi connectivity index (χ4v) is 3.76. The van der Waals surface area contributed by atoms with Crippen LogP contribution in [0.1, 0.15) is 26.7 Å². The summed E-state index contributed by atoms with van der Waals surface area (Å²) in [6, 6.07) is 2.81. The molecule has 0 aliphatic carbocycles. The fourth-order valence-electron chi connectivity index (χ4n) is 2.05. The highest BCUT2D eigenvalue weighted by Gasteiger charge is 2.29. The van der Waals surface area contributed by atoms with Crippen LogP contribution in [0.25, 0.3) is 0 Å². The van der Waals surface area contributed by atoms with Crippen molar-refractivity contribution in [3.8, 4) is 0 Å². The molecule has 1 rings (SSSR count). The van der Waals surface area contributed by atoms with E-state index in [0.29, 0.717) is 18.7 Å². The molecular weight excluding hydrogens is 280 g/mol. The zero-order chi connectivity index (χ0) is 15.2. The van der Waals surface area contributed by atoms with Gasteiger partial charge in [0.1, 0.15) is 10.7 Å². The van der Waals surface area contributed by atoms with E-state index in [1.54, 1.807) is 0 Å². The number of hydrogen-bond acceptors (Lipinski definition) is 6. The first-order valence-corrected chi connectivity index (χ1v) is 8.00. The number of hydrogen-bond donors (Lipinski definition) is 3. The Labute approximate surface area is 119 Å². The second-order valence-electron chi connectivity index (χ2n) is 4.33. The van der Waals surface area contributed by atoms with Gasteiger partial charge in [-0.1, -0.05) is 13.8 Å². The van der Waals surface area contributed by atoms with Crippen molar-refractivity contribution in [1.29, 1.82) is 0 Å². The van der Waals surface area contributed by atoms with Crippen molar-refractivity contribution in [2.45, 2.75) is 37.6 Å². The van der Waals surface area contributed by atoms with Crippen LogP contribution in [-0.2, 0) is 10.0 Å². The van der Waals surface area contributed by atoms with Crippen LogP contribution >= 0.6 is 0 Å². The largest absolute Gasteiger partial charge is 0.395 e. The number of sulfonamides is 1. The van der Waals surface area contributed by atoms with Gasteiger partial charge < -0.3 is 10.5 Å². The number of anilines is 1. The monoisotopic (exact) mass is 302 g/mol. The molecule has 1 heterocycles. The molecule has 7 nitrogen and oxygen atoms in total. The maximum atomic E-state index is 12.6. The van der Waals surface area contributed by atoms with Crippen molar-refractivity contribution in [3.05, 3.63) is 18.3 Å². The van der Waals surface area contributed by atoms with E-state index >= 15 is 0 Å². The smallest absolute Gasteiger partial charge is 0.244 e. The highest BCUT2D eigenvalue weighted by Crippen LogP contribution is 2.21. The number of aromatic nitrogens is 1. The van der Waals surface area contributed by atoms with Crippen molar-refractivity contribution < 1.29 is 13.5 Å². The van der Waals surface area contributed by atoms with Crippen molar-refractivity contribution >= 4 is 15.8 Å². The molecule has 8 heteroatoms. The minimum absolute atomic E-state index is 0.0750. The first-order chi connectivity index (χ1) is 9.51. The van der Waals surface area contributed by atoms with Crippen LogP contribution in [0, 0.1) is 0 Å². The summed E-state index contributed by atoms with van der Waals surface area (Å²) in [5.41, 5.74) is 2.35. The molecule has 4 N–H and O–H groups in total. The van der Waals surface area contributed by atoms with Gasteiger partial charge >= 0.3 is 0 Å². The summed E-state index contributed by atoms with van der Waals surface area (Å²) < 4.78 is 26.5. The van der Waals surface area contributed by atoms with Gasteiger partial charge in [0.05, 0.1) is 6.61 Å². The quantitative estimate of drug-likeness (QED) is 0.478. The summed E-state index contributed by atoms with van der Waals surface area (Å²) in [6.45, 7) is 3.71. The standard InChI is InChI=1S/C12H22N4O3S/c1-3-10(4-2)16(7-8-17)20(18,19)11-5-6-12(15-13)14-9-11/h5-6,9-10,17H,3-4,7-8,13H2,1-2H3,(H,14,15). The number of nitrogens with one attached hydrogen (secondary N) is 1. The zero-order valence-electron chi connectivity index (χ0n) is 11.8. The van der Waals surface area contributed by atoms with Gasteiger partial charge in [-0.2, -0.15) is 4.31 Å². The molecule has 0 aliphatic heterocycles. The molecule has 0 atom stereocenters. The molecule has 0 saturated carbocycles. The average molecular weight is 302 g/mol. The minimum Gasteiger partial charge on any atom is -0.395 e. The molecule has 114 valence electrons. The first kappa shape index (κ1) is 16.8. The summed E-state index contributed by atoms with van der Waals surface area (Å²) in [5.74, 6) is 5.59. The second-order valence-corrected chi connectivity index (χ2v) is 6.22. The molecule has 1 aromatic heterocycles. The lowest BCUT2D eigenvalue weighted by Crippen LogP contribution is -2.41. The van der Waals surface area contributed by atoms with E-state index in [-0.39, 0.29) is 24.1 Å². The molecule has 0 amide bonds. The van der Waals surface area contributed by atoms with Crippen LogP contribution in [0.2, 0.25) is 0 Å². The maximum Gasteiger partial charge on any atom is 0.244 e. The van der Waals surface area contributed by atoms with Gasteiger partial charge in [0, 0.05) is 18.8 Å². The van der Waals surface area contributed by atoms with E-state index in [9.17, 15) is 8.42 Å². The van der Waals surface area contributed by atoms with Gasteiger partial charge in [-0.05, 0) is 25.0 Å².